The van der Waals surface area contributed by atoms with Crippen molar-refractivity contribution in [3.63, 3.8) is 0 Å². The smallest absolute Gasteiger partial charge is 0.344 e. The molecule has 0 unspecified atom stereocenters. The van der Waals surface area contributed by atoms with E-state index in [-0.39, 0.29) is 17.9 Å². The van der Waals surface area contributed by atoms with Crippen molar-refractivity contribution in [3.8, 4) is 5.75 Å². The third-order valence-electron chi connectivity index (χ3n) is 4.96. The number of ether oxygens (including phenoxy) is 2. The lowest BCUT2D eigenvalue weighted by Gasteiger charge is -2.19. The topological polar surface area (TPSA) is 84.9 Å². The fourth-order valence-corrected chi connectivity index (χ4v) is 3.25. The predicted octanol–water partition coefficient (Wildman–Crippen LogP) is 3.67. The fourth-order valence-electron chi connectivity index (χ4n) is 3.25. The Morgan fingerprint density at radius 2 is 1.81 bits per heavy atom. The molecule has 0 bridgehead atoms. The Balaban J connectivity index is 1.43. The fraction of sp³-hybridized carbons (Fsp3) is 0.375. The van der Waals surface area contributed by atoms with Crippen LogP contribution in [0.25, 0.3) is 0 Å². The highest BCUT2D eigenvalue weighted by Crippen LogP contribution is 2.25. The first-order chi connectivity index (χ1) is 14.7. The van der Waals surface area contributed by atoms with Gasteiger partial charge in [0, 0.05) is 24.3 Å². The van der Waals surface area contributed by atoms with Gasteiger partial charge in [-0.15, -0.1) is 0 Å². The van der Waals surface area contributed by atoms with Crippen molar-refractivity contribution in [1.29, 1.82) is 0 Å². The van der Waals surface area contributed by atoms with Gasteiger partial charge in [0.2, 0.25) is 5.91 Å². The van der Waals surface area contributed by atoms with Gasteiger partial charge in [0.25, 0.3) is 5.91 Å². The summed E-state index contributed by atoms with van der Waals surface area (Å²) >= 11 is 0. The number of esters is 1. The Labute approximate surface area is 182 Å². The number of rotatable bonds is 7. The Hall–Kier alpha value is -3.35. The lowest BCUT2D eigenvalue weighted by Crippen LogP contribution is -2.25. The highest BCUT2D eigenvalue weighted by molar-refractivity contribution is 5.97. The van der Waals surface area contributed by atoms with E-state index in [2.05, 4.69) is 26.1 Å². The van der Waals surface area contributed by atoms with Crippen LogP contribution in [0.15, 0.2) is 48.5 Å². The molecule has 2 aromatic rings. The molecule has 164 valence electrons. The van der Waals surface area contributed by atoms with Crippen LogP contribution in [-0.4, -0.2) is 37.5 Å². The molecule has 2 aromatic carbocycles. The van der Waals surface area contributed by atoms with Crippen LogP contribution < -0.4 is 15.0 Å². The molecule has 2 amide bonds. The molecule has 31 heavy (non-hydrogen) atoms. The van der Waals surface area contributed by atoms with Crippen LogP contribution in [-0.2, 0) is 24.5 Å². The number of carbonyl (C=O) groups excluding carboxylic acids is 3. The van der Waals surface area contributed by atoms with Crippen LogP contribution >= 0.6 is 0 Å². The molecule has 3 rings (SSSR count). The molecule has 1 N–H and O–H groups in total. The normalized spacial score (nSPS) is 13.8. The number of hydrogen-bond donors (Lipinski definition) is 1. The van der Waals surface area contributed by atoms with Gasteiger partial charge >= 0.3 is 5.97 Å². The second-order valence-corrected chi connectivity index (χ2v) is 8.47. The summed E-state index contributed by atoms with van der Waals surface area (Å²) in [5.41, 5.74) is 2.47. The van der Waals surface area contributed by atoms with E-state index in [1.807, 2.05) is 18.2 Å². The molecule has 1 aliphatic rings. The van der Waals surface area contributed by atoms with E-state index in [4.69, 9.17) is 9.47 Å². The summed E-state index contributed by atoms with van der Waals surface area (Å²) in [6, 6.07) is 14.6. The monoisotopic (exact) mass is 424 g/mol. The molecule has 0 aliphatic carbocycles. The average molecular weight is 424 g/mol. The summed E-state index contributed by atoms with van der Waals surface area (Å²) in [6.07, 6.45) is 1.36. The van der Waals surface area contributed by atoms with Crippen molar-refractivity contribution in [2.45, 2.75) is 39.0 Å². The number of anilines is 2. The van der Waals surface area contributed by atoms with E-state index in [0.29, 0.717) is 24.4 Å². The lowest BCUT2D eigenvalue weighted by molar-refractivity contribution is -0.149. The molecule has 0 spiro atoms. The summed E-state index contributed by atoms with van der Waals surface area (Å²) in [4.78, 5) is 37.6. The Morgan fingerprint density at radius 3 is 2.45 bits per heavy atom. The van der Waals surface area contributed by atoms with E-state index in [9.17, 15) is 14.4 Å². The first-order valence-corrected chi connectivity index (χ1v) is 10.3. The van der Waals surface area contributed by atoms with Gasteiger partial charge in [-0.1, -0.05) is 39.0 Å². The van der Waals surface area contributed by atoms with Gasteiger partial charge in [0.05, 0.1) is 0 Å². The Kier molecular flexibility index (Phi) is 6.95. The maximum Gasteiger partial charge on any atom is 0.344 e. The average Bonchev–Trinajstić information content (AvgIpc) is 3.16. The van der Waals surface area contributed by atoms with Crippen molar-refractivity contribution in [3.05, 3.63) is 54.1 Å². The number of nitrogens with zero attached hydrogens (tertiary/aromatic N) is 1. The summed E-state index contributed by atoms with van der Waals surface area (Å²) < 4.78 is 10.4. The molecular formula is C24H28N2O5. The molecule has 0 radical (unpaired) electrons. The summed E-state index contributed by atoms with van der Waals surface area (Å²) in [5, 5.41) is 2.68. The van der Waals surface area contributed by atoms with Crippen molar-refractivity contribution in [2.24, 2.45) is 0 Å². The zero-order chi connectivity index (χ0) is 22.4. The van der Waals surface area contributed by atoms with E-state index in [1.165, 1.54) is 0 Å². The minimum absolute atomic E-state index is 0.0361. The molecular weight excluding hydrogens is 396 g/mol. The van der Waals surface area contributed by atoms with Crippen LogP contribution in [0.1, 0.15) is 39.2 Å². The number of hydrogen-bond acceptors (Lipinski definition) is 5. The second kappa shape index (κ2) is 9.64. The van der Waals surface area contributed by atoms with E-state index >= 15 is 0 Å². The van der Waals surface area contributed by atoms with Gasteiger partial charge in [0.1, 0.15) is 5.75 Å². The van der Waals surface area contributed by atoms with Crippen LogP contribution in [0, 0.1) is 0 Å². The van der Waals surface area contributed by atoms with Gasteiger partial charge < -0.3 is 19.7 Å². The minimum atomic E-state index is -0.633. The highest BCUT2D eigenvalue weighted by atomic mass is 16.6. The van der Waals surface area contributed by atoms with E-state index in [0.717, 1.165) is 17.7 Å². The predicted molar refractivity (Wildman–Crippen MR) is 118 cm³/mol. The van der Waals surface area contributed by atoms with E-state index < -0.39 is 18.5 Å². The van der Waals surface area contributed by atoms with Gasteiger partial charge in [-0.25, -0.2) is 4.79 Å². The first kappa shape index (κ1) is 22.3. The number of nitrogens with one attached hydrogen (secondary N) is 1. The molecule has 1 fully saturated rings. The molecule has 7 nitrogen and oxygen atoms in total. The summed E-state index contributed by atoms with van der Waals surface area (Å²) in [7, 11) is 0. The van der Waals surface area contributed by atoms with Crippen molar-refractivity contribution >= 4 is 29.2 Å². The van der Waals surface area contributed by atoms with Crippen molar-refractivity contribution in [2.75, 3.05) is 30.0 Å². The maximum absolute atomic E-state index is 12.1. The standard InChI is InChI=1S/C24H28N2O5/c1-24(2,3)17-9-11-20(12-10-17)30-16-23(29)31-15-21(27)25-18-6-4-7-19(14-18)26-13-5-8-22(26)28/h4,6-7,9-12,14H,5,8,13,15-16H2,1-3H3,(H,25,27). The molecule has 1 heterocycles. The molecule has 7 heteroatoms. The second-order valence-electron chi connectivity index (χ2n) is 8.47. The van der Waals surface area contributed by atoms with Crippen molar-refractivity contribution in [1.82, 2.24) is 0 Å². The summed E-state index contributed by atoms with van der Waals surface area (Å²) in [5.74, 6) is -0.465. The molecule has 0 saturated carbocycles. The SMILES string of the molecule is CC(C)(C)c1ccc(OCC(=O)OCC(=O)Nc2cccc(N3CCCC3=O)c2)cc1. The molecule has 1 aliphatic heterocycles. The number of benzene rings is 2. The van der Waals surface area contributed by atoms with Gasteiger partial charge in [-0.05, 0) is 47.7 Å². The Morgan fingerprint density at radius 1 is 1.06 bits per heavy atom. The van der Waals surface area contributed by atoms with Crippen LogP contribution in [0.4, 0.5) is 11.4 Å². The van der Waals surface area contributed by atoms with Gasteiger partial charge in [0.15, 0.2) is 13.2 Å². The van der Waals surface area contributed by atoms with Gasteiger partial charge in [-0.2, -0.15) is 0 Å². The quantitative estimate of drug-likeness (QED) is 0.686. The first-order valence-electron chi connectivity index (χ1n) is 10.3. The van der Waals surface area contributed by atoms with Gasteiger partial charge in [-0.3, -0.25) is 9.59 Å². The van der Waals surface area contributed by atoms with Crippen LogP contribution in [0.3, 0.4) is 0 Å². The summed E-state index contributed by atoms with van der Waals surface area (Å²) in [6.45, 7) is 6.33. The number of amides is 2. The van der Waals surface area contributed by atoms with Crippen molar-refractivity contribution < 1.29 is 23.9 Å². The lowest BCUT2D eigenvalue weighted by atomic mass is 9.87. The van der Waals surface area contributed by atoms with Crippen LogP contribution in [0.2, 0.25) is 0 Å². The Bertz CT molecular complexity index is 947. The third-order valence-corrected chi connectivity index (χ3v) is 4.96. The zero-order valence-electron chi connectivity index (χ0n) is 18.1. The van der Waals surface area contributed by atoms with Crippen LogP contribution in [0.5, 0.6) is 5.75 Å². The van der Waals surface area contributed by atoms with E-state index in [1.54, 1.807) is 35.2 Å². The largest absolute Gasteiger partial charge is 0.482 e. The molecule has 1 saturated heterocycles. The molecule has 0 atom stereocenters. The minimum Gasteiger partial charge on any atom is -0.482 e. The third kappa shape index (κ3) is 6.31. The number of carbonyl (C=O) groups is 3. The highest BCUT2D eigenvalue weighted by Gasteiger charge is 2.22. The molecule has 0 aromatic heterocycles. The zero-order valence-corrected chi connectivity index (χ0v) is 18.1. The maximum atomic E-state index is 12.1.